The normalized spacial score (nSPS) is 11.3. The van der Waals surface area contributed by atoms with E-state index >= 15 is 0 Å². The van der Waals surface area contributed by atoms with Gasteiger partial charge in [-0.1, -0.05) is 17.7 Å². The predicted octanol–water partition coefficient (Wildman–Crippen LogP) is 1.27. The molecule has 1 aromatic carbocycles. The van der Waals surface area contributed by atoms with Crippen LogP contribution in [0.1, 0.15) is 6.92 Å². The van der Waals surface area contributed by atoms with Gasteiger partial charge in [-0.2, -0.15) is 4.98 Å². The monoisotopic (exact) mass is 290 g/mol. The van der Waals surface area contributed by atoms with Crippen LogP contribution in [0, 0.1) is 0 Å². The summed E-state index contributed by atoms with van der Waals surface area (Å²) in [6.45, 7) is 2.46. The van der Waals surface area contributed by atoms with E-state index in [1.165, 1.54) is 7.05 Å². The van der Waals surface area contributed by atoms with Crippen LogP contribution in [0.5, 0.6) is 0 Å². The lowest BCUT2D eigenvalue weighted by atomic mass is 10.2. The molecule has 2 aliphatic heterocycles. The summed E-state index contributed by atoms with van der Waals surface area (Å²) in [4.78, 5) is 32.1. The van der Waals surface area contributed by atoms with Crippen LogP contribution >= 0.6 is 11.6 Å². The lowest BCUT2D eigenvalue weighted by molar-refractivity contribution is 0.717. The maximum atomic E-state index is 12.2. The maximum absolute atomic E-state index is 12.2. The first-order chi connectivity index (χ1) is 9.54. The topological polar surface area (TPSA) is 69.8 Å². The lowest BCUT2D eigenvalue weighted by Gasteiger charge is -2.16. The fraction of sp³-hybridized carbons (Fsp3) is 0.231. The van der Waals surface area contributed by atoms with E-state index in [2.05, 4.69) is 9.97 Å². The molecule has 102 valence electrons. The molecule has 0 atom stereocenters. The van der Waals surface area contributed by atoms with Gasteiger partial charge >= 0.3 is 5.69 Å². The van der Waals surface area contributed by atoms with Crippen molar-refractivity contribution in [3.63, 3.8) is 0 Å². The summed E-state index contributed by atoms with van der Waals surface area (Å²) in [6.07, 6.45) is 0. The van der Waals surface area contributed by atoms with E-state index in [1.807, 2.05) is 13.0 Å². The van der Waals surface area contributed by atoms with Crippen LogP contribution in [-0.2, 0) is 13.6 Å². The fourth-order valence-corrected chi connectivity index (χ4v) is 2.44. The summed E-state index contributed by atoms with van der Waals surface area (Å²) < 4.78 is 2.71. The zero-order valence-electron chi connectivity index (χ0n) is 10.9. The van der Waals surface area contributed by atoms with E-state index in [1.54, 1.807) is 16.7 Å². The number of para-hydroxylation sites is 1. The van der Waals surface area contributed by atoms with Gasteiger partial charge in [-0.25, -0.2) is 9.78 Å². The summed E-state index contributed by atoms with van der Waals surface area (Å²) >= 11 is 6.14. The molecule has 6 nitrogen and oxygen atoms in total. The summed E-state index contributed by atoms with van der Waals surface area (Å²) in [7, 11) is 1.38. The van der Waals surface area contributed by atoms with Crippen LogP contribution in [0.3, 0.4) is 0 Å². The van der Waals surface area contributed by atoms with Crippen molar-refractivity contribution in [3.05, 3.63) is 44.1 Å². The standard InChI is InChI=1S/C13H11ClN4O2/c1-3-18-8-6-4-5-7(14)9(8)15-10-11(18)16-13(20)17(2)12(10)19/h4-6H,3H2,1-2H3. The third-order valence-corrected chi connectivity index (χ3v) is 3.56. The van der Waals surface area contributed by atoms with Crippen LogP contribution in [0.4, 0.5) is 0 Å². The van der Waals surface area contributed by atoms with Gasteiger partial charge < -0.3 is 4.57 Å². The number of aromatic nitrogens is 4. The quantitative estimate of drug-likeness (QED) is 0.633. The van der Waals surface area contributed by atoms with Gasteiger partial charge in [0.25, 0.3) is 5.56 Å². The molecule has 0 amide bonds. The fourth-order valence-electron chi connectivity index (χ4n) is 2.22. The van der Waals surface area contributed by atoms with Crippen molar-refractivity contribution in [3.8, 4) is 11.5 Å². The van der Waals surface area contributed by atoms with Gasteiger partial charge in [-0.15, -0.1) is 0 Å². The molecule has 0 saturated carbocycles. The minimum atomic E-state index is -0.590. The Morgan fingerprint density at radius 1 is 1.25 bits per heavy atom. The van der Waals surface area contributed by atoms with Gasteiger partial charge in [0.15, 0.2) is 11.5 Å². The first-order valence-electron chi connectivity index (χ1n) is 6.10. The first-order valence-corrected chi connectivity index (χ1v) is 6.48. The molecule has 0 bridgehead atoms. The molecule has 2 heterocycles. The molecular formula is C13H11ClN4O2. The third-order valence-electron chi connectivity index (χ3n) is 3.26. The van der Waals surface area contributed by atoms with Gasteiger partial charge in [0.2, 0.25) is 0 Å². The Morgan fingerprint density at radius 2 is 2.00 bits per heavy atom. The smallest absolute Gasteiger partial charge is 0.323 e. The molecule has 0 radical (unpaired) electrons. The number of aryl methyl sites for hydroxylation is 1. The van der Waals surface area contributed by atoms with Crippen LogP contribution in [0.15, 0.2) is 27.8 Å². The highest BCUT2D eigenvalue weighted by Crippen LogP contribution is 2.25. The summed E-state index contributed by atoms with van der Waals surface area (Å²) in [5, 5.41) is 0.458. The number of benzene rings is 1. The number of halogens is 1. The van der Waals surface area contributed by atoms with Gasteiger partial charge in [-0.3, -0.25) is 9.36 Å². The molecule has 3 rings (SSSR count). The second kappa shape index (κ2) is 4.42. The zero-order chi connectivity index (χ0) is 14.4. The predicted molar refractivity (Wildman–Crippen MR) is 76.3 cm³/mol. The number of hydrogen-bond acceptors (Lipinski definition) is 4. The van der Waals surface area contributed by atoms with Gasteiger partial charge in [0.1, 0.15) is 5.52 Å². The molecule has 0 fully saturated rings. The van der Waals surface area contributed by atoms with E-state index in [0.29, 0.717) is 17.1 Å². The minimum Gasteiger partial charge on any atom is -0.323 e. The molecule has 0 aliphatic carbocycles. The highest BCUT2D eigenvalue weighted by atomic mass is 35.5. The Bertz CT molecular complexity index is 913. The maximum Gasteiger partial charge on any atom is 0.352 e. The first kappa shape index (κ1) is 12.8. The summed E-state index contributed by atoms with van der Waals surface area (Å²) in [5.41, 5.74) is 0.361. The molecule has 7 heteroatoms. The molecule has 0 N–H and O–H groups in total. The Hall–Kier alpha value is -2.21. The second-order valence-electron chi connectivity index (χ2n) is 4.39. The van der Waals surface area contributed by atoms with Crippen molar-refractivity contribution in [1.82, 2.24) is 19.1 Å². The molecule has 0 aromatic heterocycles. The van der Waals surface area contributed by atoms with Gasteiger partial charge in [0, 0.05) is 13.6 Å². The van der Waals surface area contributed by atoms with E-state index in [4.69, 9.17) is 11.6 Å². The zero-order valence-corrected chi connectivity index (χ0v) is 11.7. The van der Waals surface area contributed by atoms with Crippen molar-refractivity contribution in [2.24, 2.45) is 7.05 Å². The van der Waals surface area contributed by atoms with Gasteiger partial charge in [0.05, 0.1) is 10.5 Å². The summed E-state index contributed by atoms with van der Waals surface area (Å²) in [5.74, 6) is 0.287. The van der Waals surface area contributed by atoms with Crippen molar-refractivity contribution in [2.45, 2.75) is 13.5 Å². The van der Waals surface area contributed by atoms with Crippen LogP contribution in [0.2, 0.25) is 5.02 Å². The highest BCUT2D eigenvalue weighted by molar-refractivity contribution is 6.34. The Morgan fingerprint density at radius 3 is 2.70 bits per heavy atom. The number of hydrogen-bond donors (Lipinski definition) is 0. The number of rotatable bonds is 1. The molecule has 2 aliphatic rings. The molecule has 20 heavy (non-hydrogen) atoms. The second-order valence-corrected chi connectivity index (χ2v) is 4.80. The number of fused-ring (bicyclic) bond motifs is 2. The number of nitrogens with zero attached hydrogens (tertiary/aromatic N) is 4. The van der Waals surface area contributed by atoms with Crippen LogP contribution in [-0.4, -0.2) is 19.1 Å². The Balaban J connectivity index is 2.66. The van der Waals surface area contributed by atoms with Crippen LogP contribution in [0.25, 0.3) is 22.6 Å². The van der Waals surface area contributed by atoms with E-state index in [0.717, 1.165) is 10.1 Å². The molecule has 0 saturated heterocycles. The molecule has 1 aromatic rings. The van der Waals surface area contributed by atoms with Crippen molar-refractivity contribution >= 4 is 22.6 Å². The Kier molecular flexibility index (Phi) is 2.83. The van der Waals surface area contributed by atoms with Crippen LogP contribution < -0.4 is 11.2 Å². The molecular weight excluding hydrogens is 280 g/mol. The third kappa shape index (κ3) is 1.65. The van der Waals surface area contributed by atoms with Crippen molar-refractivity contribution < 1.29 is 0 Å². The minimum absolute atomic E-state index is 0.148. The molecule has 0 spiro atoms. The Labute approximate surface area is 118 Å². The average molecular weight is 291 g/mol. The summed E-state index contributed by atoms with van der Waals surface area (Å²) in [6, 6.07) is 5.34. The van der Waals surface area contributed by atoms with Gasteiger partial charge in [-0.05, 0) is 19.1 Å². The average Bonchev–Trinajstić information content (AvgIpc) is 2.44. The lowest BCUT2D eigenvalue weighted by Crippen LogP contribution is -2.36. The highest BCUT2D eigenvalue weighted by Gasteiger charge is 2.20. The molecule has 0 unspecified atom stereocenters. The van der Waals surface area contributed by atoms with Crippen molar-refractivity contribution in [1.29, 1.82) is 0 Å². The van der Waals surface area contributed by atoms with E-state index in [9.17, 15) is 9.59 Å². The largest absolute Gasteiger partial charge is 0.352 e. The van der Waals surface area contributed by atoms with E-state index < -0.39 is 11.2 Å². The SMILES string of the molecule is CCn1c2nc(=O)n(C)c(=O)c-2nc2c(Cl)cccc21. The van der Waals surface area contributed by atoms with E-state index in [-0.39, 0.29) is 11.5 Å². The van der Waals surface area contributed by atoms with Crippen molar-refractivity contribution in [2.75, 3.05) is 0 Å².